The molecular weight excluding hydrogens is 252 g/mol. The Bertz CT molecular complexity index is 462. The number of likely N-dealkylation sites (N-methyl/N-ethyl adjacent to an activating group) is 1. The van der Waals surface area contributed by atoms with Gasteiger partial charge in [0.25, 0.3) is 0 Å². The van der Waals surface area contributed by atoms with Gasteiger partial charge in [0, 0.05) is 18.3 Å². The second-order valence-corrected chi connectivity index (χ2v) is 5.37. The number of aliphatic hydroxyl groups excluding tert-OH is 1. The van der Waals surface area contributed by atoms with Gasteiger partial charge in [-0.2, -0.15) is 0 Å². The first-order valence-electron chi connectivity index (χ1n) is 7.38. The van der Waals surface area contributed by atoms with Crippen LogP contribution < -0.4 is 4.90 Å². The maximum Gasteiger partial charge on any atom is 0.241 e. The summed E-state index contributed by atoms with van der Waals surface area (Å²) in [4.78, 5) is 16.5. The molecule has 1 aromatic carbocycles. The number of rotatable bonds is 5. The Balaban J connectivity index is 2.08. The van der Waals surface area contributed by atoms with Crippen molar-refractivity contribution in [2.75, 3.05) is 31.1 Å². The molecule has 1 fully saturated rings. The number of anilines is 1. The molecule has 1 atom stereocenters. The van der Waals surface area contributed by atoms with E-state index in [0.717, 1.165) is 30.6 Å². The highest BCUT2D eigenvalue weighted by Gasteiger charge is 2.27. The summed E-state index contributed by atoms with van der Waals surface area (Å²) in [7, 11) is 0. The average Bonchev–Trinajstić information content (AvgIpc) is 2.89. The van der Waals surface area contributed by atoms with Crippen molar-refractivity contribution in [1.29, 1.82) is 0 Å². The summed E-state index contributed by atoms with van der Waals surface area (Å²) in [6.45, 7) is 6.14. The number of aryl methyl sites for hydroxylation is 1. The third-order valence-electron chi connectivity index (χ3n) is 4.07. The van der Waals surface area contributed by atoms with Crippen molar-refractivity contribution >= 4 is 11.6 Å². The number of carbonyl (C=O) groups excluding carboxylic acids is 1. The Labute approximate surface area is 121 Å². The van der Waals surface area contributed by atoms with Crippen LogP contribution in [0.15, 0.2) is 24.3 Å². The Morgan fingerprint density at radius 2 is 2.20 bits per heavy atom. The number of carbonyl (C=O) groups is 1. The van der Waals surface area contributed by atoms with Crippen molar-refractivity contribution < 1.29 is 9.90 Å². The van der Waals surface area contributed by atoms with Crippen LogP contribution in [0.2, 0.25) is 0 Å². The summed E-state index contributed by atoms with van der Waals surface area (Å²) < 4.78 is 0. The van der Waals surface area contributed by atoms with Crippen molar-refractivity contribution in [1.82, 2.24) is 4.90 Å². The summed E-state index contributed by atoms with van der Waals surface area (Å²) in [5.74, 6) is 0.113. The largest absolute Gasteiger partial charge is 0.395 e. The van der Waals surface area contributed by atoms with Crippen LogP contribution in [0.5, 0.6) is 0 Å². The van der Waals surface area contributed by atoms with Gasteiger partial charge in [-0.25, -0.2) is 0 Å². The van der Waals surface area contributed by atoms with Gasteiger partial charge < -0.3 is 10.0 Å². The monoisotopic (exact) mass is 276 g/mol. The number of amides is 1. The molecule has 0 spiro atoms. The molecule has 0 aliphatic carbocycles. The first kappa shape index (κ1) is 15.0. The third kappa shape index (κ3) is 3.19. The van der Waals surface area contributed by atoms with E-state index in [1.807, 2.05) is 43.0 Å². The lowest BCUT2D eigenvalue weighted by Crippen LogP contribution is -2.43. The molecule has 0 saturated carbocycles. The van der Waals surface area contributed by atoms with Gasteiger partial charge >= 0.3 is 0 Å². The number of hydrogen-bond acceptors (Lipinski definition) is 3. The molecule has 1 amide bonds. The number of nitrogens with zero attached hydrogens (tertiary/aromatic N) is 2. The molecular formula is C16H24N2O2. The minimum absolute atomic E-state index is 0.113. The Morgan fingerprint density at radius 1 is 1.45 bits per heavy atom. The molecule has 1 aliphatic rings. The zero-order valence-electron chi connectivity index (χ0n) is 12.4. The quantitative estimate of drug-likeness (QED) is 0.892. The van der Waals surface area contributed by atoms with Crippen molar-refractivity contribution in [3.63, 3.8) is 0 Å². The zero-order chi connectivity index (χ0) is 14.5. The second-order valence-electron chi connectivity index (χ2n) is 5.37. The summed E-state index contributed by atoms with van der Waals surface area (Å²) in [5.41, 5.74) is 2.10. The van der Waals surface area contributed by atoms with E-state index in [0.29, 0.717) is 13.1 Å². The lowest BCUT2D eigenvalue weighted by molar-refractivity contribution is -0.120. The molecule has 4 nitrogen and oxygen atoms in total. The lowest BCUT2D eigenvalue weighted by atomic mass is 10.1. The fourth-order valence-electron chi connectivity index (χ4n) is 2.92. The molecule has 2 rings (SSSR count). The number of likely N-dealkylation sites (tertiary alicyclic amines) is 1. The Hall–Kier alpha value is -1.39. The third-order valence-corrected chi connectivity index (χ3v) is 4.07. The zero-order valence-corrected chi connectivity index (χ0v) is 12.4. The van der Waals surface area contributed by atoms with Crippen LogP contribution in [-0.4, -0.2) is 48.2 Å². The topological polar surface area (TPSA) is 43.8 Å². The van der Waals surface area contributed by atoms with Gasteiger partial charge in [0.2, 0.25) is 5.91 Å². The average molecular weight is 276 g/mol. The van der Waals surface area contributed by atoms with Gasteiger partial charge in [-0.05, 0) is 44.9 Å². The lowest BCUT2D eigenvalue weighted by Gasteiger charge is -2.28. The van der Waals surface area contributed by atoms with Crippen molar-refractivity contribution in [3.8, 4) is 0 Å². The Kier molecular flexibility index (Phi) is 5.15. The van der Waals surface area contributed by atoms with Crippen LogP contribution >= 0.6 is 0 Å². The highest BCUT2D eigenvalue weighted by molar-refractivity contribution is 5.95. The van der Waals surface area contributed by atoms with Gasteiger partial charge in [0.15, 0.2) is 0 Å². The van der Waals surface area contributed by atoms with E-state index in [1.54, 1.807) is 0 Å². The van der Waals surface area contributed by atoms with Gasteiger partial charge in [-0.15, -0.1) is 0 Å². The van der Waals surface area contributed by atoms with Crippen LogP contribution in [0.3, 0.4) is 0 Å². The fraction of sp³-hybridized carbons (Fsp3) is 0.562. The predicted molar refractivity (Wildman–Crippen MR) is 80.9 cm³/mol. The molecule has 1 saturated heterocycles. The van der Waals surface area contributed by atoms with Gasteiger partial charge in [0.05, 0.1) is 13.2 Å². The predicted octanol–water partition coefficient (Wildman–Crippen LogP) is 1.80. The standard InChI is InChI=1S/C16H24N2O2/c1-3-18(15-9-5-4-7-13(15)2)16(20)11-17-10-6-8-14(17)12-19/h4-5,7,9,14,19H,3,6,8,10-12H2,1-2H3/t14-/m0/s1. The number of benzene rings is 1. The molecule has 20 heavy (non-hydrogen) atoms. The maximum absolute atomic E-state index is 12.5. The minimum atomic E-state index is 0.113. The van der Waals surface area contributed by atoms with E-state index in [1.165, 1.54) is 0 Å². The highest BCUT2D eigenvalue weighted by Crippen LogP contribution is 2.21. The van der Waals surface area contributed by atoms with E-state index in [-0.39, 0.29) is 18.6 Å². The smallest absolute Gasteiger partial charge is 0.241 e. The first-order valence-corrected chi connectivity index (χ1v) is 7.38. The van der Waals surface area contributed by atoms with Crippen molar-refractivity contribution in [2.45, 2.75) is 32.7 Å². The van der Waals surface area contributed by atoms with E-state index >= 15 is 0 Å². The minimum Gasteiger partial charge on any atom is -0.395 e. The van der Waals surface area contributed by atoms with Gasteiger partial charge in [0.1, 0.15) is 0 Å². The molecule has 0 radical (unpaired) electrons. The molecule has 1 aliphatic heterocycles. The van der Waals surface area contributed by atoms with Crippen LogP contribution in [0, 0.1) is 6.92 Å². The summed E-state index contributed by atoms with van der Waals surface area (Å²) in [5, 5.41) is 9.34. The van der Waals surface area contributed by atoms with Crippen molar-refractivity contribution in [3.05, 3.63) is 29.8 Å². The first-order chi connectivity index (χ1) is 9.67. The summed E-state index contributed by atoms with van der Waals surface area (Å²) in [6.07, 6.45) is 2.05. The number of para-hydroxylation sites is 1. The molecule has 0 aromatic heterocycles. The van der Waals surface area contributed by atoms with Crippen molar-refractivity contribution in [2.24, 2.45) is 0 Å². The summed E-state index contributed by atoms with van der Waals surface area (Å²) in [6, 6.07) is 8.11. The molecule has 4 heteroatoms. The fourth-order valence-corrected chi connectivity index (χ4v) is 2.92. The maximum atomic E-state index is 12.5. The van der Waals surface area contributed by atoms with Crippen LogP contribution in [0.25, 0.3) is 0 Å². The molecule has 0 unspecified atom stereocenters. The molecule has 1 aromatic rings. The van der Waals surface area contributed by atoms with Crippen LogP contribution in [0.4, 0.5) is 5.69 Å². The van der Waals surface area contributed by atoms with E-state index in [4.69, 9.17) is 0 Å². The highest BCUT2D eigenvalue weighted by atomic mass is 16.3. The summed E-state index contributed by atoms with van der Waals surface area (Å²) >= 11 is 0. The van der Waals surface area contributed by atoms with Gasteiger partial charge in [-0.1, -0.05) is 18.2 Å². The molecule has 0 bridgehead atoms. The molecule has 110 valence electrons. The number of hydrogen-bond donors (Lipinski definition) is 1. The molecule has 1 heterocycles. The SMILES string of the molecule is CCN(C(=O)CN1CCC[C@H]1CO)c1ccccc1C. The normalized spacial score (nSPS) is 19.2. The molecule has 1 N–H and O–H groups in total. The van der Waals surface area contributed by atoms with E-state index in [9.17, 15) is 9.90 Å². The number of aliphatic hydroxyl groups is 1. The van der Waals surface area contributed by atoms with E-state index < -0.39 is 0 Å². The van der Waals surface area contributed by atoms with Crippen LogP contribution in [-0.2, 0) is 4.79 Å². The van der Waals surface area contributed by atoms with E-state index in [2.05, 4.69) is 4.90 Å². The Morgan fingerprint density at radius 3 is 2.85 bits per heavy atom. The van der Waals surface area contributed by atoms with Crippen LogP contribution in [0.1, 0.15) is 25.3 Å². The van der Waals surface area contributed by atoms with Gasteiger partial charge in [-0.3, -0.25) is 9.69 Å². The second kappa shape index (κ2) is 6.86.